The van der Waals surface area contributed by atoms with Gasteiger partial charge in [-0.3, -0.25) is 9.52 Å². The molecule has 6 nitrogen and oxygen atoms in total. The molecule has 2 heterocycles. The third-order valence-corrected chi connectivity index (χ3v) is 7.30. The highest BCUT2D eigenvalue weighted by Crippen LogP contribution is 2.37. The lowest BCUT2D eigenvalue weighted by Gasteiger charge is -2.43. The first-order valence-electron chi connectivity index (χ1n) is 9.46. The molecule has 0 radical (unpaired) electrons. The van der Waals surface area contributed by atoms with Gasteiger partial charge in [-0.25, -0.2) is 8.42 Å². The molecule has 0 atom stereocenters. The lowest BCUT2D eigenvalue weighted by atomic mass is 9.85. The number of sulfonamides is 1. The van der Waals surface area contributed by atoms with Gasteiger partial charge < -0.3 is 9.80 Å². The Morgan fingerprint density at radius 1 is 1.12 bits per heavy atom. The van der Waals surface area contributed by atoms with Crippen LogP contribution in [0.25, 0.3) is 0 Å². The average molecular weight is 380 g/mol. The predicted octanol–water partition coefficient (Wildman–Crippen LogP) is 2.54. The van der Waals surface area contributed by atoms with Gasteiger partial charge in [0.15, 0.2) is 0 Å². The number of nitrogens with zero attached hydrogens (tertiary/aromatic N) is 2. The number of carbonyl (C=O) groups excluding carboxylic acids is 1. The summed E-state index contributed by atoms with van der Waals surface area (Å²) >= 11 is 0. The maximum atomic E-state index is 12.8. The van der Waals surface area contributed by atoms with Crippen molar-refractivity contribution >= 4 is 21.6 Å². The SMILES string of the molecule is CCCS(=O)(=O)Nc1ccc(C(=O)N2CCC3(CCCN3C)CC2)cc1. The van der Waals surface area contributed by atoms with Crippen LogP contribution in [0.2, 0.25) is 0 Å². The summed E-state index contributed by atoms with van der Waals surface area (Å²) in [5, 5.41) is 0. The fourth-order valence-corrected chi connectivity index (χ4v) is 5.33. The third-order valence-electron chi connectivity index (χ3n) is 5.80. The molecule has 1 N–H and O–H groups in total. The number of rotatable bonds is 5. The summed E-state index contributed by atoms with van der Waals surface area (Å²) < 4.78 is 26.2. The number of amides is 1. The molecular formula is C19H29N3O3S. The maximum absolute atomic E-state index is 12.8. The molecule has 0 bridgehead atoms. The van der Waals surface area contributed by atoms with E-state index in [1.165, 1.54) is 12.8 Å². The Hall–Kier alpha value is -1.60. The Bertz CT molecular complexity index is 738. The van der Waals surface area contributed by atoms with E-state index in [1.807, 2.05) is 11.8 Å². The molecule has 1 aromatic carbocycles. The second kappa shape index (κ2) is 7.56. The van der Waals surface area contributed by atoms with Gasteiger partial charge >= 0.3 is 0 Å². The van der Waals surface area contributed by atoms with Crippen molar-refractivity contribution in [2.45, 2.75) is 44.6 Å². The second-order valence-corrected chi connectivity index (χ2v) is 9.38. The lowest BCUT2D eigenvalue weighted by molar-refractivity contribution is 0.0492. The van der Waals surface area contributed by atoms with E-state index in [4.69, 9.17) is 0 Å². The molecule has 144 valence electrons. The summed E-state index contributed by atoms with van der Waals surface area (Å²) in [6.45, 7) is 4.55. The van der Waals surface area contributed by atoms with E-state index in [-0.39, 0.29) is 17.2 Å². The number of carbonyl (C=O) groups is 1. The fraction of sp³-hybridized carbons (Fsp3) is 0.632. The first kappa shape index (κ1) is 19.2. The van der Waals surface area contributed by atoms with Crippen molar-refractivity contribution in [1.82, 2.24) is 9.80 Å². The number of nitrogens with one attached hydrogen (secondary N) is 1. The monoisotopic (exact) mass is 379 g/mol. The molecule has 1 spiro atoms. The van der Waals surface area contributed by atoms with E-state index in [2.05, 4.69) is 16.7 Å². The molecule has 3 rings (SSSR count). The minimum Gasteiger partial charge on any atom is -0.339 e. The second-order valence-electron chi connectivity index (χ2n) is 7.54. The van der Waals surface area contributed by atoms with Gasteiger partial charge in [-0.2, -0.15) is 0 Å². The van der Waals surface area contributed by atoms with E-state index in [9.17, 15) is 13.2 Å². The zero-order chi connectivity index (χ0) is 18.8. The van der Waals surface area contributed by atoms with Crippen LogP contribution in [0, 0.1) is 0 Å². The van der Waals surface area contributed by atoms with Gasteiger partial charge in [0.2, 0.25) is 10.0 Å². The van der Waals surface area contributed by atoms with Gasteiger partial charge in [0.25, 0.3) is 5.91 Å². The fourth-order valence-electron chi connectivity index (χ4n) is 4.19. The lowest BCUT2D eigenvalue weighted by Crippen LogP contribution is -2.51. The minimum absolute atomic E-state index is 0.0310. The van der Waals surface area contributed by atoms with Crippen molar-refractivity contribution in [1.29, 1.82) is 0 Å². The molecule has 26 heavy (non-hydrogen) atoms. The van der Waals surface area contributed by atoms with Crippen LogP contribution in [0.15, 0.2) is 24.3 Å². The molecule has 2 fully saturated rings. The van der Waals surface area contributed by atoms with E-state index in [0.29, 0.717) is 17.7 Å². The molecule has 2 aliphatic heterocycles. The molecule has 2 aliphatic rings. The maximum Gasteiger partial charge on any atom is 0.253 e. The first-order chi connectivity index (χ1) is 12.4. The number of hydrogen-bond acceptors (Lipinski definition) is 4. The highest BCUT2D eigenvalue weighted by Gasteiger charge is 2.41. The number of piperidine rings is 1. The van der Waals surface area contributed by atoms with Crippen LogP contribution in [-0.4, -0.2) is 62.1 Å². The number of benzene rings is 1. The Balaban J connectivity index is 1.60. The van der Waals surface area contributed by atoms with Crippen LogP contribution >= 0.6 is 0 Å². The van der Waals surface area contributed by atoms with Crippen molar-refractivity contribution < 1.29 is 13.2 Å². The number of hydrogen-bond donors (Lipinski definition) is 1. The van der Waals surface area contributed by atoms with Crippen LogP contribution in [0.1, 0.15) is 49.4 Å². The zero-order valence-electron chi connectivity index (χ0n) is 15.7. The van der Waals surface area contributed by atoms with Crippen molar-refractivity contribution in [2.75, 3.05) is 37.2 Å². The molecule has 2 saturated heterocycles. The summed E-state index contributed by atoms with van der Waals surface area (Å²) in [4.78, 5) is 17.1. The van der Waals surface area contributed by atoms with Gasteiger partial charge in [0.05, 0.1) is 5.75 Å². The van der Waals surface area contributed by atoms with Crippen molar-refractivity contribution in [2.24, 2.45) is 0 Å². The summed E-state index contributed by atoms with van der Waals surface area (Å²) in [7, 11) is -1.11. The van der Waals surface area contributed by atoms with Gasteiger partial charge in [0, 0.05) is 29.9 Å². The molecular weight excluding hydrogens is 350 g/mol. The van der Waals surface area contributed by atoms with E-state index in [1.54, 1.807) is 24.3 Å². The van der Waals surface area contributed by atoms with E-state index < -0.39 is 10.0 Å². The van der Waals surface area contributed by atoms with Gasteiger partial charge in [-0.1, -0.05) is 6.92 Å². The topological polar surface area (TPSA) is 69.7 Å². The van der Waals surface area contributed by atoms with Crippen LogP contribution < -0.4 is 4.72 Å². The Morgan fingerprint density at radius 2 is 1.77 bits per heavy atom. The van der Waals surface area contributed by atoms with E-state index >= 15 is 0 Å². The molecule has 1 aromatic rings. The van der Waals surface area contributed by atoms with Crippen LogP contribution in [0.3, 0.4) is 0 Å². The molecule has 7 heteroatoms. The summed E-state index contributed by atoms with van der Waals surface area (Å²) in [6.07, 6.45) is 5.11. The first-order valence-corrected chi connectivity index (χ1v) is 11.1. The highest BCUT2D eigenvalue weighted by atomic mass is 32.2. The predicted molar refractivity (Wildman–Crippen MR) is 104 cm³/mol. The molecule has 1 amide bonds. The van der Waals surface area contributed by atoms with Crippen LogP contribution in [0.5, 0.6) is 0 Å². The summed E-state index contributed by atoms with van der Waals surface area (Å²) in [5.41, 5.74) is 1.40. The minimum atomic E-state index is -3.31. The number of anilines is 1. The summed E-state index contributed by atoms with van der Waals surface area (Å²) in [5.74, 6) is 0.126. The van der Waals surface area contributed by atoms with Gasteiger partial charge in [-0.15, -0.1) is 0 Å². The highest BCUT2D eigenvalue weighted by molar-refractivity contribution is 7.92. The smallest absolute Gasteiger partial charge is 0.253 e. The normalized spacial score (nSPS) is 20.5. The third kappa shape index (κ3) is 4.04. The number of likely N-dealkylation sites (tertiary alicyclic amines) is 2. The largest absolute Gasteiger partial charge is 0.339 e. The molecule has 0 aliphatic carbocycles. The molecule has 0 aromatic heterocycles. The standard InChI is InChI=1S/C19H29N3O3S/c1-3-15-26(24,25)20-17-7-5-16(6-8-17)18(23)22-13-10-19(11-14-22)9-4-12-21(19)2/h5-8,20H,3-4,9-15H2,1-2H3. The molecule has 0 saturated carbocycles. The van der Waals surface area contributed by atoms with Crippen molar-refractivity contribution in [3.05, 3.63) is 29.8 Å². The Kier molecular flexibility index (Phi) is 5.58. The average Bonchev–Trinajstić information content (AvgIpc) is 2.95. The van der Waals surface area contributed by atoms with Crippen molar-refractivity contribution in [3.63, 3.8) is 0 Å². The van der Waals surface area contributed by atoms with Gasteiger partial charge in [-0.05, 0) is 70.0 Å². The quantitative estimate of drug-likeness (QED) is 0.854. The Morgan fingerprint density at radius 3 is 2.31 bits per heavy atom. The van der Waals surface area contributed by atoms with E-state index in [0.717, 1.165) is 32.5 Å². The van der Waals surface area contributed by atoms with Crippen LogP contribution in [-0.2, 0) is 10.0 Å². The van der Waals surface area contributed by atoms with Gasteiger partial charge in [0.1, 0.15) is 0 Å². The van der Waals surface area contributed by atoms with Crippen molar-refractivity contribution in [3.8, 4) is 0 Å². The zero-order valence-corrected chi connectivity index (χ0v) is 16.5. The Labute approximate surface area is 156 Å². The van der Waals surface area contributed by atoms with Crippen LogP contribution in [0.4, 0.5) is 5.69 Å². The molecule has 0 unspecified atom stereocenters. The summed E-state index contributed by atoms with van der Waals surface area (Å²) in [6, 6.07) is 6.74.